The van der Waals surface area contributed by atoms with Crippen molar-refractivity contribution in [2.75, 3.05) is 25.0 Å². The molecule has 0 radical (unpaired) electrons. The third kappa shape index (κ3) is 6.46. The van der Waals surface area contributed by atoms with Crippen molar-refractivity contribution >= 4 is 41.1 Å². The Labute approximate surface area is 181 Å². The molecule has 0 aliphatic carbocycles. The standard InChI is InChI=1S/C22H25Cl2N3O2/c1-2-29-21(28)8-7-16-13-20(24)22(25-14-16)26-18-9-11-27(12-10-18)15-17-5-3-4-6-19(17)23/h3-8,13-14,18H,2,9-12,15H2,1H3,(H,25,26)/b8-7+. The smallest absolute Gasteiger partial charge is 0.330 e. The lowest BCUT2D eigenvalue weighted by atomic mass is 10.0. The highest BCUT2D eigenvalue weighted by atomic mass is 35.5. The maximum atomic E-state index is 11.4. The predicted octanol–water partition coefficient (Wildman–Crippen LogP) is 5.04. The summed E-state index contributed by atoms with van der Waals surface area (Å²) in [6.07, 6.45) is 6.73. The van der Waals surface area contributed by atoms with Gasteiger partial charge < -0.3 is 10.1 Å². The number of hydrogen-bond acceptors (Lipinski definition) is 5. The number of aromatic nitrogens is 1. The Morgan fingerprint density at radius 2 is 2.03 bits per heavy atom. The van der Waals surface area contributed by atoms with Crippen molar-refractivity contribution in [2.45, 2.75) is 32.4 Å². The lowest BCUT2D eigenvalue weighted by Crippen LogP contribution is -2.38. The van der Waals surface area contributed by atoms with E-state index in [2.05, 4.69) is 21.3 Å². The number of benzene rings is 1. The Kier molecular flexibility index (Phi) is 7.92. The number of rotatable bonds is 7. The zero-order valence-corrected chi connectivity index (χ0v) is 17.9. The van der Waals surface area contributed by atoms with Crippen LogP contribution in [0.1, 0.15) is 30.9 Å². The summed E-state index contributed by atoms with van der Waals surface area (Å²) in [5.74, 6) is 0.291. The number of piperidine rings is 1. The van der Waals surface area contributed by atoms with Crippen LogP contribution in [0.15, 0.2) is 42.6 Å². The highest BCUT2D eigenvalue weighted by Gasteiger charge is 2.20. The van der Waals surface area contributed by atoms with E-state index in [4.69, 9.17) is 27.9 Å². The average Bonchev–Trinajstić information content (AvgIpc) is 2.71. The minimum absolute atomic E-state index is 0.323. The van der Waals surface area contributed by atoms with Gasteiger partial charge in [-0.1, -0.05) is 41.4 Å². The van der Waals surface area contributed by atoms with Crippen LogP contribution in [0.3, 0.4) is 0 Å². The summed E-state index contributed by atoms with van der Waals surface area (Å²) < 4.78 is 4.87. The molecule has 1 aromatic heterocycles. The van der Waals surface area contributed by atoms with E-state index in [1.54, 1.807) is 25.3 Å². The number of hydrogen-bond donors (Lipinski definition) is 1. The SMILES string of the molecule is CCOC(=O)/C=C/c1cnc(NC2CCN(Cc3ccccc3Cl)CC2)c(Cl)c1. The van der Waals surface area contributed by atoms with E-state index in [1.165, 1.54) is 6.08 Å². The summed E-state index contributed by atoms with van der Waals surface area (Å²) in [7, 11) is 0. The molecule has 0 bridgehead atoms. The number of nitrogens with zero attached hydrogens (tertiary/aromatic N) is 2. The van der Waals surface area contributed by atoms with Crippen molar-refractivity contribution in [2.24, 2.45) is 0 Å². The fourth-order valence-corrected chi connectivity index (χ4v) is 3.73. The Morgan fingerprint density at radius 1 is 1.28 bits per heavy atom. The summed E-state index contributed by atoms with van der Waals surface area (Å²) in [6, 6.07) is 10.1. The van der Waals surface area contributed by atoms with Crippen LogP contribution in [-0.4, -0.2) is 41.6 Å². The van der Waals surface area contributed by atoms with Gasteiger partial charge in [0.2, 0.25) is 0 Å². The van der Waals surface area contributed by atoms with Crippen LogP contribution in [0.5, 0.6) is 0 Å². The van der Waals surface area contributed by atoms with E-state index >= 15 is 0 Å². The van der Waals surface area contributed by atoms with Crippen LogP contribution in [-0.2, 0) is 16.1 Å². The van der Waals surface area contributed by atoms with Gasteiger partial charge in [-0.15, -0.1) is 0 Å². The Hall–Kier alpha value is -2.08. The van der Waals surface area contributed by atoms with Gasteiger partial charge in [-0.3, -0.25) is 4.90 Å². The molecule has 1 aromatic carbocycles. The number of anilines is 1. The zero-order chi connectivity index (χ0) is 20.6. The van der Waals surface area contributed by atoms with Gasteiger partial charge in [-0.05, 0) is 49.1 Å². The van der Waals surface area contributed by atoms with Gasteiger partial charge in [0.05, 0.1) is 11.6 Å². The molecular weight excluding hydrogens is 409 g/mol. The molecule has 0 saturated carbocycles. The van der Waals surface area contributed by atoms with E-state index in [0.29, 0.717) is 23.5 Å². The number of halogens is 2. The summed E-state index contributed by atoms with van der Waals surface area (Å²) in [4.78, 5) is 18.2. The van der Waals surface area contributed by atoms with Crippen molar-refractivity contribution < 1.29 is 9.53 Å². The molecule has 2 aromatic rings. The number of carbonyl (C=O) groups excluding carboxylic acids is 1. The molecule has 5 nitrogen and oxygen atoms in total. The van der Waals surface area contributed by atoms with Crippen molar-refractivity contribution in [1.82, 2.24) is 9.88 Å². The molecule has 0 unspecified atom stereocenters. The van der Waals surface area contributed by atoms with Crippen LogP contribution in [0.4, 0.5) is 5.82 Å². The molecule has 0 spiro atoms. The topological polar surface area (TPSA) is 54.5 Å². The van der Waals surface area contributed by atoms with E-state index in [-0.39, 0.29) is 5.97 Å². The molecule has 1 aliphatic rings. The number of pyridine rings is 1. The van der Waals surface area contributed by atoms with Crippen LogP contribution in [0.25, 0.3) is 6.08 Å². The Morgan fingerprint density at radius 3 is 2.72 bits per heavy atom. The molecule has 3 rings (SSSR count). The first kappa shape index (κ1) is 21.6. The molecule has 1 aliphatic heterocycles. The average molecular weight is 434 g/mol. The van der Waals surface area contributed by atoms with Crippen molar-refractivity contribution in [3.05, 3.63) is 63.8 Å². The monoisotopic (exact) mass is 433 g/mol. The van der Waals surface area contributed by atoms with Gasteiger partial charge in [-0.25, -0.2) is 9.78 Å². The van der Waals surface area contributed by atoms with Crippen molar-refractivity contribution in [3.63, 3.8) is 0 Å². The van der Waals surface area contributed by atoms with Crippen molar-refractivity contribution in [3.8, 4) is 0 Å². The van der Waals surface area contributed by atoms with Gasteiger partial charge in [0.1, 0.15) is 5.82 Å². The molecule has 1 fully saturated rings. The number of ether oxygens (including phenoxy) is 1. The van der Waals surface area contributed by atoms with Gasteiger partial charge >= 0.3 is 5.97 Å². The molecule has 1 saturated heterocycles. The van der Waals surface area contributed by atoms with Gasteiger partial charge in [0.25, 0.3) is 0 Å². The third-order valence-corrected chi connectivity index (χ3v) is 5.50. The minimum atomic E-state index is -0.380. The second-order valence-corrected chi connectivity index (χ2v) is 7.79. The molecule has 1 N–H and O–H groups in total. The molecule has 0 amide bonds. The molecule has 7 heteroatoms. The first-order valence-electron chi connectivity index (χ1n) is 9.78. The van der Waals surface area contributed by atoms with Crippen molar-refractivity contribution in [1.29, 1.82) is 0 Å². The number of esters is 1. The zero-order valence-electron chi connectivity index (χ0n) is 16.4. The highest BCUT2D eigenvalue weighted by Crippen LogP contribution is 2.25. The molecule has 0 atom stereocenters. The number of likely N-dealkylation sites (tertiary alicyclic amines) is 1. The van der Waals surface area contributed by atoms with E-state index in [9.17, 15) is 4.79 Å². The minimum Gasteiger partial charge on any atom is -0.463 e. The van der Waals surface area contributed by atoms with E-state index in [1.807, 2.05) is 18.2 Å². The largest absolute Gasteiger partial charge is 0.463 e. The second kappa shape index (κ2) is 10.6. The van der Waals surface area contributed by atoms with Gasteiger partial charge in [0.15, 0.2) is 0 Å². The maximum absolute atomic E-state index is 11.4. The lowest BCUT2D eigenvalue weighted by Gasteiger charge is -2.33. The molecule has 29 heavy (non-hydrogen) atoms. The molecule has 154 valence electrons. The van der Waals surface area contributed by atoms with Crippen LogP contribution in [0, 0.1) is 0 Å². The summed E-state index contributed by atoms with van der Waals surface area (Å²) >= 11 is 12.7. The summed E-state index contributed by atoms with van der Waals surface area (Å²) in [5, 5.41) is 4.80. The number of nitrogens with one attached hydrogen (secondary N) is 1. The molecular formula is C22H25Cl2N3O2. The van der Waals surface area contributed by atoms with E-state index < -0.39 is 0 Å². The fourth-order valence-electron chi connectivity index (χ4n) is 3.30. The normalized spacial score (nSPS) is 15.6. The first-order valence-corrected chi connectivity index (χ1v) is 10.5. The van der Waals surface area contributed by atoms with Crippen LogP contribution < -0.4 is 5.32 Å². The highest BCUT2D eigenvalue weighted by molar-refractivity contribution is 6.33. The second-order valence-electron chi connectivity index (χ2n) is 6.97. The first-order chi connectivity index (χ1) is 14.0. The number of carbonyl (C=O) groups is 1. The van der Waals surface area contributed by atoms with E-state index in [0.717, 1.165) is 48.6 Å². The van der Waals surface area contributed by atoms with Gasteiger partial charge in [0, 0.05) is 43.0 Å². The Bertz CT molecular complexity index is 865. The van der Waals surface area contributed by atoms with Gasteiger partial charge in [-0.2, -0.15) is 0 Å². The quantitative estimate of drug-likeness (QED) is 0.489. The third-order valence-electron chi connectivity index (χ3n) is 4.84. The van der Waals surface area contributed by atoms with Crippen LogP contribution in [0.2, 0.25) is 10.0 Å². The summed E-state index contributed by atoms with van der Waals surface area (Å²) in [6.45, 7) is 4.96. The maximum Gasteiger partial charge on any atom is 0.330 e. The predicted molar refractivity (Wildman–Crippen MR) is 118 cm³/mol. The Balaban J connectivity index is 1.51. The summed E-state index contributed by atoms with van der Waals surface area (Å²) in [5.41, 5.74) is 1.92. The van der Waals surface area contributed by atoms with Crippen LogP contribution >= 0.6 is 23.2 Å². The fraction of sp³-hybridized carbons (Fsp3) is 0.364. The lowest BCUT2D eigenvalue weighted by molar-refractivity contribution is -0.137. The molecule has 2 heterocycles.